The Morgan fingerprint density at radius 3 is 3.00 bits per heavy atom. The Morgan fingerprint density at radius 2 is 2.16 bits per heavy atom. The maximum Gasteiger partial charge on any atom is 0.292 e. The molecule has 0 radical (unpaired) electrons. The maximum atomic E-state index is 12.3. The van der Waals surface area contributed by atoms with Crippen molar-refractivity contribution in [2.45, 2.75) is 0 Å². The smallest absolute Gasteiger partial charge is 0.288 e. The van der Waals surface area contributed by atoms with Crippen LogP contribution < -0.4 is 11.0 Å². The molecule has 4 aromatic rings. The molecule has 0 atom stereocenters. The number of hydrazone groups is 1. The van der Waals surface area contributed by atoms with E-state index in [0.717, 1.165) is 4.96 Å². The average Bonchev–Trinajstić information content (AvgIpc) is 3.17. The third kappa shape index (κ3) is 2.69. The number of nitrogens with one attached hydrogen (secondary N) is 2. The summed E-state index contributed by atoms with van der Waals surface area (Å²) in [4.78, 5) is 29.0. The number of aromatic amines is 1. The first-order chi connectivity index (χ1) is 12.1. The Hall–Kier alpha value is -3.04. The van der Waals surface area contributed by atoms with E-state index < -0.39 is 5.91 Å². The lowest BCUT2D eigenvalue weighted by molar-refractivity contribution is 0.0951. The number of rotatable bonds is 3. The summed E-state index contributed by atoms with van der Waals surface area (Å²) in [5, 5.41) is 13.0. The Morgan fingerprint density at radius 1 is 1.36 bits per heavy atom. The van der Waals surface area contributed by atoms with Gasteiger partial charge in [-0.05, 0) is 6.07 Å². The molecule has 0 aliphatic carbocycles. The van der Waals surface area contributed by atoms with E-state index in [0.29, 0.717) is 16.5 Å². The molecule has 10 heteroatoms. The highest BCUT2D eigenvalue weighted by Crippen LogP contribution is 2.19. The van der Waals surface area contributed by atoms with Crippen molar-refractivity contribution in [2.75, 3.05) is 0 Å². The fourth-order valence-electron chi connectivity index (χ4n) is 2.39. The first kappa shape index (κ1) is 15.5. The summed E-state index contributed by atoms with van der Waals surface area (Å²) in [6.07, 6.45) is 3.21. The number of hydrogen-bond acceptors (Lipinski definition) is 6. The predicted molar refractivity (Wildman–Crippen MR) is 95.5 cm³/mol. The van der Waals surface area contributed by atoms with Gasteiger partial charge < -0.3 is 0 Å². The lowest BCUT2D eigenvalue weighted by atomic mass is 10.1. The first-order valence-corrected chi connectivity index (χ1v) is 8.33. The van der Waals surface area contributed by atoms with Gasteiger partial charge in [-0.1, -0.05) is 29.8 Å². The first-order valence-electron chi connectivity index (χ1n) is 7.07. The number of thiazole rings is 1. The zero-order valence-corrected chi connectivity index (χ0v) is 14.0. The van der Waals surface area contributed by atoms with Crippen LogP contribution in [0.1, 0.15) is 16.2 Å². The van der Waals surface area contributed by atoms with Crippen LogP contribution in [0.25, 0.3) is 15.7 Å². The van der Waals surface area contributed by atoms with E-state index in [4.69, 9.17) is 11.6 Å². The van der Waals surface area contributed by atoms with Crippen LogP contribution in [-0.2, 0) is 0 Å². The Kier molecular flexibility index (Phi) is 3.79. The van der Waals surface area contributed by atoms with Gasteiger partial charge in [0.05, 0.1) is 11.6 Å². The number of nitrogens with zero attached hydrogens (tertiary/aromatic N) is 4. The molecule has 0 saturated carbocycles. The summed E-state index contributed by atoms with van der Waals surface area (Å²) in [7, 11) is 0. The second-order valence-electron chi connectivity index (χ2n) is 4.99. The van der Waals surface area contributed by atoms with Crippen LogP contribution in [0, 0.1) is 0 Å². The fraction of sp³-hybridized carbons (Fsp3) is 0. The number of amides is 1. The van der Waals surface area contributed by atoms with E-state index in [2.05, 4.69) is 25.7 Å². The molecule has 3 heterocycles. The van der Waals surface area contributed by atoms with Crippen LogP contribution in [0.2, 0.25) is 5.15 Å². The fourth-order valence-corrected chi connectivity index (χ4v) is 3.38. The molecule has 25 heavy (non-hydrogen) atoms. The molecule has 0 spiro atoms. The molecule has 0 aliphatic heterocycles. The molecule has 2 N–H and O–H groups in total. The van der Waals surface area contributed by atoms with Gasteiger partial charge in [0.15, 0.2) is 15.8 Å². The van der Waals surface area contributed by atoms with Crippen LogP contribution in [0.3, 0.4) is 0 Å². The molecular weight excluding hydrogens is 364 g/mol. The van der Waals surface area contributed by atoms with Gasteiger partial charge in [0.25, 0.3) is 11.5 Å². The number of hydrogen-bond donors (Lipinski definition) is 2. The second kappa shape index (κ2) is 6.11. The van der Waals surface area contributed by atoms with Crippen LogP contribution >= 0.6 is 22.9 Å². The van der Waals surface area contributed by atoms with Gasteiger partial charge in [0.2, 0.25) is 0 Å². The SMILES string of the molecule is O=C(N/N=C/c1c(Cl)nc2sccn12)c1n[nH]c(=O)c2ccccc12. The summed E-state index contributed by atoms with van der Waals surface area (Å²) in [5.74, 6) is -0.550. The van der Waals surface area contributed by atoms with Gasteiger partial charge in [-0.3, -0.25) is 14.0 Å². The largest absolute Gasteiger partial charge is 0.292 e. The minimum atomic E-state index is -0.550. The summed E-state index contributed by atoms with van der Waals surface area (Å²) >= 11 is 7.49. The molecule has 0 aliphatic rings. The van der Waals surface area contributed by atoms with Gasteiger partial charge in [-0.25, -0.2) is 15.5 Å². The van der Waals surface area contributed by atoms with Crippen LogP contribution in [-0.4, -0.2) is 31.7 Å². The summed E-state index contributed by atoms with van der Waals surface area (Å²) in [6.45, 7) is 0. The number of fused-ring (bicyclic) bond motifs is 2. The van der Waals surface area contributed by atoms with E-state index >= 15 is 0 Å². The highest BCUT2D eigenvalue weighted by molar-refractivity contribution is 7.15. The zero-order chi connectivity index (χ0) is 17.4. The monoisotopic (exact) mass is 372 g/mol. The van der Waals surface area contributed by atoms with Crippen molar-refractivity contribution in [2.24, 2.45) is 5.10 Å². The summed E-state index contributed by atoms with van der Waals surface area (Å²) in [6, 6.07) is 6.71. The van der Waals surface area contributed by atoms with E-state index in [9.17, 15) is 9.59 Å². The maximum absolute atomic E-state index is 12.3. The number of halogens is 1. The van der Waals surface area contributed by atoms with Crippen molar-refractivity contribution >= 4 is 50.8 Å². The van der Waals surface area contributed by atoms with Crippen LogP contribution in [0.4, 0.5) is 0 Å². The predicted octanol–water partition coefficient (Wildman–Crippen LogP) is 2.05. The van der Waals surface area contributed by atoms with Crippen molar-refractivity contribution in [3.05, 3.63) is 62.7 Å². The topological polar surface area (TPSA) is 105 Å². The zero-order valence-electron chi connectivity index (χ0n) is 12.4. The minimum absolute atomic E-state index is 0.0763. The number of H-pyrrole nitrogens is 1. The number of aromatic nitrogens is 4. The molecular formula is C15H9ClN6O2S. The molecule has 124 valence electrons. The van der Waals surface area contributed by atoms with Crippen LogP contribution in [0.5, 0.6) is 0 Å². The number of carbonyl (C=O) groups excluding carboxylic acids is 1. The number of benzene rings is 1. The molecule has 8 nitrogen and oxygen atoms in total. The van der Waals surface area contributed by atoms with Crippen LogP contribution in [0.15, 0.2) is 45.7 Å². The van der Waals surface area contributed by atoms with Crippen molar-refractivity contribution < 1.29 is 4.79 Å². The van der Waals surface area contributed by atoms with Crippen molar-refractivity contribution in [3.8, 4) is 0 Å². The number of imidazole rings is 1. The molecule has 0 fully saturated rings. The van der Waals surface area contributed by atoms with E-state index in [1.54, 1.807) is 34.9 Å². The van der Waals surface area contributed by atoms with Gasteiger partial charge in [-0.2, -0.15) is 10.2 Å². The third-order valence-corrected chi connectivity index (χ3v) is 4.55. The van der Waals surface area contributed by atoms with Crippen molar-refractivity contribution in [1.82, 2.24) is 25.0 Å². The number of carbonyl (C=O) groups is 1. The molecule has 0 unspecified atom stereocenters. The molecule has 0 saturated heterocycles. The standard InChI is InChI=1S/C15H9ClN6O2S/c16-12-10(22-5-6-25-15(22)18-12)7-17-20-14(24)11-8-3-1-2-4-9(8)13(23)21-19-11/h1-7H,(H,20,24)(H,21,23)/b17-7+. The Balaban J connectivity index is 1.63. The van der Waals surface area contributed by atoms with Crippen molar-refractivity contribution in [1.29, 1.82) is 0 Å². The highest BCUT2D eigenvalue weighted by atomic mass is 35.5. The average molecular weight is 373 g/mol. The normalized spacial score (nSPS) is 11.6. The van der Waals surface area contributed by atoms with E-state index in [1.807, 2.05) is 5.38 Å². The summed E-state index contributed by atoms with van der Waals surface area (Å²) < 4.78 is 1.76. The molecule has 4 rings (SSSR count). The highest BCUT2D eigenvalue weighted by Gasteiger charge is 2.14. The van der Waals surface area contributed by atoms with E-state index in [1.165, 1.54) is 17.6 Å². The molecule has 1 amide bonds. The van der Waals surface area contributed by atoms with E-state index in [-0.39, 0.29) is 16.4 Å². The Bertz CT molecular complexity index is 1190. The molecule has 0 bridgehead atoms. The Labute approximate surface area is 148 Å². The van der Waals surface area contributed by atoms with Gasteiger partial charge in [0.1, 0.15) is 5.69 Å². The lowest BCUT2D eigenvalue weighted by Gasteiger charge is -2.02. The molecule has 1 aromatic carbocycles. The molecule has 3 aromatic heterocycles. The van der Waals surface area contributed by atoms with Gasteiger partial charge in [-0.15, -0.1) is 11.3 Å². The third-order valence-electron chi connectivity index (χ3n) is 3.52. The van der Waals surface area contributed by atoms with Gasteiger partial charge in [0, 0.05) is 17.0 Å². The summed E-state index contributed by atoms with van der Waals surface area (Å²) in [5.41, 5.74) is 2.65. The minimum Gasteiger partial charge on any atom is -0.288 e. The quantitative estimate of drug-likeness (QED) is 0.424. The van der Waals surface area contributed by atoms with Crippen molar-refractivity contribution in [3.63, 3.8) is 0 Å². The van der Waals surface area contributed by atoms with Gasteiger partial charge >= 0.3 is 0 Å². The lowest BCUT2D eigenvalue weighted by Crippen LogP contribution is -2.22. The second-order valence-corrected chi connectivity index (χ2v) is 6.22.